The minimum absolute atomic E-state index is 0.00276. The van der Waals surface area contributed by atoms with Crippen molar-refractivity contribution in [3.05, 3.63) is 46.0 Å². The number of hydrogen-bond acceptors (Lipinski definition) is 6. The Kier molecular flexibility index (Phi) is 6.20. The third kappa shape index (κ3) is 4.06. The van der Waals surface area contributed by atoms with Gasteiger partial charge in [0.05, 0.1) is 17.3 Å². The molecule has 1 aromatic carbocycles. The van der Waals surface area contributed by atoms with E-state index in [2.05, 4.69) is 5.32 Å². The van der Waals surface area contributed by atoms with E-state index in [-0.39, 0.29) is 34.5 Å². The van der Waals surface area contributed by atoms with E-state index in [4.69, 9.17) is 4.74 Å². The first-order valence-electron chi connectivity index (χ1n) is 7.90. The molecule has 1 aromatic rings. The molecule has 128 valence electrons. The van der Waals surface area contributed by atoms with Crippen LogP contribution >= 0.6 is 11.8 Å². The zero-order chi connectivity index (χ0) is 17.7. The second-order valence-corrected chi connectivity index (χ2v) is 6.76. The van der Waals surface area contributed by atoms with E-state index in [0.717, 1.165) is 11.8 Å². The molecule has 0 atom stereocenters. The van der Waals surface area contributed by atoms with Gasteiger partial charge in [-0.3, -0.25) is 14.4 Å². The van der Waals surface area contributed by atoms with Crippen molar-refractivity contribution in [2.24, 2.45) is 5.92 Å². The Bertz CT molecular complexity index is 694. The predicted molar refractivity (Wildman–Crippen MR) is 94.1 cm³/mol. The standard InChI is InChI=1S/C18H21NO4S/c1-4-23-14(20)10-24-18-15(19-9-11(2)3)16(21)12-7-5-6-8-13(12)17(18)22/h5-8,11,19H,4,9-10H2,1-3H3. The second kappa shape index (κ2) is 8.15. The van der Waals surface area contributed by atoms with Gasteiger partial charge in [0.1, 0.15) is 5.70 Å². The van der Waals surface area contributed by atoms with Crippen LogP contribution in [-0.4, -0.2) is 36.4 Å². The summed E-state index contributed by atoms with van der Waals surface area (Å²) in [5, 5.41) is 3.08. The van der Waals surface area contributed by atoms with Crippen LogP contribution in [0.3, 0.4) is 0 Å². The van der Waals surface area contributed by atoms with Gasteiger partial charge in [-0.05, 0) is 12.8 Å². The van der Waals surface area contributed by atoms with Gasteiger partial charge in [0.25, 0.3) is 0 Å². The van der Waals surface area contributed by atoms with Gasteiger partial charge in [-0.2, -0.15) is 0 Å². The number of ether oxygens (including phenoxy) is 1. The molecule has 1 N–H and O–H groups in total. The summed E-state index contributed by atoms with van der Waals surface area (Å²) in [6.45, 7) is 6.61. The fourth-order valence-corrected chi connectivity index (χ4v) is 3.19. The Morgan fingerprint density at radius 3 is 2.38 bits per heavy atom. The van der Waals surface area contributed by atoms with Crippen molar-refractivity contribution in [2.75, 3.05) is 18.9 Å². The third-order valence-corrected chi connectivity index (χ3v) is 4.46. The Morgan fingerprint density at radius 2 is 1.79 bits per heavy atom. The molecule has 6 heteroatoms. The molecule has 0 saturated carbocycles. The van der Waals surface area contributed by atoms with Crippen LogP contribution in [0, 0.1) is 5.92 Å². The number of nitrogens with one attached hydrogen (secondary N) is 1. The SMILES string of the molecule is CCOC(=O)CSC1=C(NCC(C)C)C(=O)c2ccccc2C1=O. The topological polar surface area (TPSA) is 72.5 Å². The monoisotopic (exact) mass is 347 g/mol. The van der Waals surface area contributed by atoms with Crippen molar-refractivity contribution >= 4 is 29.3 Å². The first-order chi connectivity index (χ1) is 11.5. The molecule has 5 nitrogen and oxygen atoms in total. The molecule has 0 unspecified atom stereocenters. The number of esters is 1. The van der Waals surface area contributed by atoms with Gasteiger partial charge < -0.3 is 10.1 Å². The molecular formula is C18H21NO4S. The van der Waals surface area contributed by atoms with Crippen LogP contribution in [-0.2, 0) is 9.53 Å². The average molecular weight is 347 g/mol. The van der Waals surface area contributed by atoms with Crippen LogP contribution in [0.4, 0.5) is 0 Å². The summed E-state index contributed by atoms with van der Waals surface area (Å²) >= 11 is 1.05. The summed E-state index contributed by atoms with van der Waals surface area (Å²) < 4.78 is 4.90. The Hall–Kier alpha value is -2.08. The molecule has 2 rings (SSSR count). The van der Waals surface area contributed by atoms with Crippen molar-refractivity contribution in [1.82, 2.24) is 5.32 Å². The molecule has 24 heavy (non-hydrogen) atoms. The van der Waals surface area contributed by atoms with E-state index in [0.29, 0.717) is 23.6 Å². The number of carbonyl (C=O) groups excluding carboxylic acids is 3. The summed E-state index contributed by atoms with van der Waals surface area (Å²) in [7, 11) is 0. The molecule has 0 spiro atoms. The summed E-state index contributed by atoms with van der Waals surface area (Å²) in [5.41, 5.74) is 1.06. The number of benzene rings is 1. The van der Waals surface area contributed by atoms with Gasteiger partial charge >= 0.3 is 5.97 Å². The summed E-state index contributed by atoms with van der Waals surface area (Å²) in [6.07, 6.45) is 0. The fraction of sp³-hybridized carbons (Fsp3) is 0.389. The Morgan fingerprint density at radius 1 is 1.17 bits per heavy atom. The highest BCUT2D eigenvalue weighted by atomic mass is 32.2. The molecule has 1 aliphatic carbocycles. The molecule has 1 aliphatic rings. The van der Waals surface area contributed by atoms with E-state index in [1.54, 1.807) is 31.2 Å². The normalized spacial score (nSPS) is 14.0. The van der Waals surface area contributed by atoms with Crippen molar-refractivity contribution in [2.45, 2.75) is 20.8 Å². The van der Waals surface area contributed by atoms with Gasteiger partial charge in [0.2, 0.25) is 11.6 Å². The van der Waals surface area contributed by atoms with Crippen LogP contribution in [0.2, 0.25) is 0 Å². The lowest BCUT2D eigenvalue weighted by atomic mass is 9.92. The average Bonchev–Trinajstić information content (AvgIpc) is 2.56. The minimum atomic E-state index is -0.405. The Balaban J connectivity index is 2.34. The predicted octanol–water partition coefficient (Wildman–Crippen LogP) is 2.82. The quantitative estimate of drug-likeness (QED) is 0.765. The highest BCUT2D eigenvalue weighted by Gasteiger charge is 2.32. The summed E-state index contributed by atoms with van der Waals surface area (Å²) in [6, 6.07) is 6.75. The van der Waals surface area contributed by atoms with E-state index < -0.39 is 5.97 Å². The molecule has 0 heterocycles. The van der Waals surface area contributed by atoms with Crippen LogP contribution in [0.5, 0.6) is 0 Å². The molecule has 0 aliphatic heterocycles. The van der Waals surface area contributed by atoms with Crippen molar-refractivity contribution < 1.29 is 19.1 Å². The van der Waals surface area contributed by atoms with Gasteiger partial charge in [0, 0.05) is 17.7 Å². The largest absolute Gasteiger partial charge is 0.465 e. The van der Waals surface area contributed by atoms with Crippen molar-refractivity contribution in [3.8, 4) is 0 Å². The molecule has 0 amide bonds. The van der Waals surface area contributed by atoms with E-state index in [9.17, 15) is 14.4 Å². The van der Waals surface area contributed by atoms with Gasteiger partial charge in [-0.1, -0.05) is 38.1 Å². The van der Waals surface area contributed by atoms with E-state index >= 15 is 0 Å². The highest BCUT2D eigenvalue weighted by molar-refractivity contribution is 8.04. The smallest absolute Gasteiger partial charge is 0.316 e. The number of ketones is 2. The van der Waals surface area contributed by atoms with Crippen LogP contribution < -0.4 is 5.32 Å². The zero-order valence-electron chi connectivity index (χ0n) is 14.0. The van der Waals surface area contributed by atoms with Crippen molar-refractivity contribution in [1.29, 1.82) is 0 Å². The first-order valence-corrected chi connectivity index (χ1v) is 8.89. The number of carbonyl (C=O) groups is 3. The lowest BCUT2D eigenvalue weighted by Gasteiger charge is -2.22. The second-order valence-electron chi connectivity index (χ2n) is 5.78. The Labute approximate surface area is 145 Å². The van der Waals surface area contributed by atoms with Crippen LogP contribution in [0.1, 0.15) is 41.5 Å². The third-order valence-electron chi connectivity index (χ3n) is 3.40. The molecule has 0 radical (unpaired) electrons. The van der Waals surface area contributed by atoms with Gasteiger partial charge in [-0.25, -0.2) is 0 Å². The number of fused-ring (bicyclic) bond motifs is 1. The lowest BCUT2D eigenvalue weighted by Crippen LogP contribution is -2.32. The number of rotatable bonds is 7. The minimum Gasteiger partial charge on any atom is -0.465 e. The first kappa shape index (κ1) is 18.3. The number of thioether (sulfide) groups is 1. The zero-order valence-corrected chi connectivity index (χ0v) is 14.9. The molecule has 0 fully saturated rings. The highest BCUT2D eigenvalue weighted by Crippen LogP contribution is 2.32. The van der Waals surface area contributed by atoms with Crippen molar-refractivity contribution in [3.63, 3.8) is 0 Å². The summed E-state index contributed by atoms with van der Waals surface area (Å²) in [5.74, 6) is -0.536. The van der Waals surface area contributed by atoms with Crippen LogP contribution in [0.15, 0.2) is 34.9 Å². The maximum Gasteiger partial charge on any atom is 0.316 e. The maximum absolute atomic E-state index is 12.8. The summed E-state index contributed by atoms with van der Waals surface area (Å²) in [4.78, 5) is 37.4. The molecular weight excluding hydrogens is 326 g/mol. The van der Waals surface area contributed by atoms with Gasteiger partial charge in [-0.15, -0.1) is 11.8 Å². The van der Waals surface area contributed by atoms with Crippen LogP contribution in [0.25, 0.3) is 0 Å². The number of hydrogen-bond donors (Lipinski definition) is 1. The fourth-order valence-electron chi connectivity index (χ4n) is 2.29. The van der Waals surface area contributed by atoms with E-state index in [1.165, 1.54) is 0 Å². The van der Waals surface area contributed by atoms with E-state index in [1.807, 2.05) is 13.8 Å². The van der Waals surface area contributed by atoms with Gasteiger partial charge in [0.15, 0.2) is 0 Å². The maximum atomic E-state index is 12.8. The molecule has 0 aromatic heterocycles. The number of allylic oxidation sites excluding steroid dienone is 2. The molecule has 0 saturated heterocycles. The lowest BCUT2D eigenvalue weighted by molar-refractivity contribution is -0.139. The number of Topliss-reactive ketones (excluding diaryl/α,β-unsaturated/α-hetero) is 2. The molecule has 0 bridgehead atoms.